The molecule has 0 bridgehead atoms. The smallest absolute Gasteiger partial charge is 0.0416 e. The Hall–Kier alpha value is -0.930. The Labute approximate surface area is 112 Å². The van der Waals surface area contributed by atoms with Crippen molar-refractivity contribution < 1.29 is 0 Å². The first-order valence-electron chi connectivity index (χ1n) is 7.05. The van der Waals surface area contributed by atoms with Crippen molar-refractivity contribution in [2.45, 2.75) is 39.2 Å². The minimum atomic E-state index is 0.623. The molecule has 0 fully saturated rings. The lowest BCUT2D eigenvalue weighted by molar-refractivity contribution is 0.247. The van der Waals surface area contributed by atoms with Crippen LogP contribution in [-0.2, 0) is 6.42 Å². The van der Waals surface area contributed by atoms with Crippen molar-refractivity contribution in [2.75, 3.05) is 26.7 Å². The first-order valence-corrected chi connectivity index (χ1v) is 7.05. The zero-order chi connectivity index (χ0) is 13.2. The minimum Gasteiger partial charge on any atom is -0.317 e. The number of nitrogens with one attached hydrogen (secondary N) is 1. The van der Waals surface area contributed by atoms with E-state index in [1.54, 1.807) is 0 Å². The second-order valence-electron chi connectivity index (χ2n) is 4.94. The summed E-state index contributed by atoms with van der Waals surface area (Å²) in [6.07, 6.45) is 5.32. The van der Waals surface area contributed by atoms with Crippen molar-refractivity contribution >= 4 is 0 Å². The van der Waals surface area contributed by atoms with E-state index in [2.05, 4.69) is 48.2 Å². The molecule has 1 aromatic rings. The quantitative estimate of drug-likeness (QED) is 0.681. The SMILES string of the molecule is CCCNCCC(C)N(C)CCc1ccccn1. The molecule has 1 atom stereocenters. The van der Waals surface area contributed by atoms with Crippen molar-refractivity contribution in [3.63, 3.8) is 0 Å². The van der Waals surface area contributed by atoms with E-state index in [1.165, 1.54) is 18.5 Å². The fraction of sp³-hybridized carbons (Fsp3) is 0.667. The van der Waals surface area contributed by atoms with Crippen LogP contribution in [0.5, 0.6) is 0 Å². The van der Waals surface area contributed by atoms with Crippen LogP contribution >= 0.6 is 0 Å². The normalized spacial score (nSPS) is 12.9. The second kappa shape index (κ2) is 9.06. The summed E-state index contributed by atoms with van der Waals surface area (Å²) in [6.45, 7) is 7.82. The first-order chi connectivity index (χ1) is 8.74. The molecule has 0 aromatic carbocycles. The van der Waals surface area contributed by atoms with E-state index >= 15 is 0 Å². The summed E-state index contributed by atoms with van der Waals surface area (Å²) in [4.78, 5) is 6.78. The Balaban J connectivity index is 2.17. The molecule has 0 radical (unpaired) electrons. The highest BCUT2D eigenvalue weighted by Crippen LogP contribution is 2.03. The third kappa shape index (κ3) is 6.12. The van der Waals surface area contributed by atoms with Gasteiger partial charge in [0.1, 0.15) is 0 Å². The van der Waals surface area contributed by atoms with Gasteiger partial charge in [0.15, 0.2) is 0 Å². The number of nitrogens with zero attached hydrogens (tertiary/aromatic N) is 2. The minimum absolute atomic E-state index is 0.623. The lowest BCUT2D eigenvalue weighted by Crippen LogP contribution is -2.33. The van der Waals surface area contributed by atoms with Gasteiger partial charge >= 0.3 is 0 Å². The third-order valence-electron chi connectivity index (χ3n) is 3.36. The Morgan fingerprint density at radius 1 is 1.33 bits per heavy atom. The summed E-state index contributed by atoms with van der Waals surface area (Å²) in [5.41, 5.74) is 1.18. The molecule has 0 saturated heterocycles. The molecular formula is C15H27N3. The molecule has 18 heavy (non-hydrogen) atoms. The van der Waals surface area contributed by atoms with E-state index in [0.717, 1.165) is 26.1 Å². The Kier molecular flexibility index (Phi) is 7.62. The van der Waals surface area contributed by atoms with Gasteiger partial charge in [0.05, 0.1) is 0 Å². The second-order valence-corrected chi connectivity index (χ2v) is 4.94. The average Bonchev–Trinajstić information content (AvgIpc) is 2.42. The van der Waals surface area contributed by atoms with Gasteiger partial charge in [-0.3, -0.25) is 4.98 Å². The molecule has 0 aliphatic heterocycles. The molecule has 1 rings (SSSR count). The van der Waals surface area contributed by atoms with Crippen LogP contribution in [0.3, 0.4) is 0 Å². The van der Waals surface area contributed by atoms with Crippen LogP contribution < -0.4 is 5.32 Å². The predicted octanol–water partition coefficient (Wildman–Crippen LogP) is 2.33. The number of hydrogen-bond donors (Lipinski definition) is 1. The van der Waals surface area contributed by atoms with E-state index in [-0.39, 0.29) is 0 Å². The van der Waals surface area contributed by atoms with Gasteiger partial charge in [-0.2, -0.15) is 0 Å². The monoisotopic (exact) mass is 249 g/mol. The fourth-order valence-electron chi connectivity index (χ4n) is 1.89. The van der Waals surface area contributed by atoms with Gasteiger partial charge in [0, 0.05) is 30.9 Å². The summed E-state index contributed by atoms with van der Waals surface area (Å²) in [6, 6.07) is 6.75. The molecule has 0 amide bonds. The molecule has 1 heterocycles. The topological polar surface area (TPSA) is 28.2 Å². The van der Waals surface area contributed by atoms with Gasteiger partial charge in [-0.1, -0.05) is 13.0 Å². The maximum absolute atomic E-state index is 4.36. The number of aromatic nitrogens is 1. The molecule has 0 aliphatic carbocycles. The van der Waals surface area contributed by atoms with E-state index in [9.17, 15) is 0 Å². The van der Waals surface area contributed by atoms with Crippen molar-refractivity contribution in [1.82, 2.24) is 15.2 Å². The van der Waals surface area contributed by atoms with E-state index < -0.39 is 0 Å². The summed E-state index contributed by atoms with van der Waals surface area (Å²) in [7, 11) is 2.20. The Morgan fingerprint density at radius 3 is 2.83 bits per heavy atom. The zero-order valence-corrected chi connectivity index (χ0v) is 12.0. The molecule has 1 aromatic heterocycles. The van der Waals surface area contributed by atoms with Crippen LogP contribution in [0.4, 0.5) is 0 Å². The van der Waals surface area contributed by atoms with Crippen LogP contribution in [-0.4, -0.2) is 42.6 Å². The molecule has 3 nitrogen and oxygen atoms in total. The molecule has 0 saturated carbocycles. The highest BCUT2D eigenvalue weighted by atomic mass is 15.1. The van der Waals surface area contributed by atoms with Gasteiger partial charge in [0.25, 0.3) is 0 Å². The standard InChI is InChI=1S/C15H27N3/c1-4-10-16-12-8-14(2)18(3)13-9-15-7-5-6-11-17-15/h5-7,11,14,16H,4,8-10,12-13H2,1-3H3. The summed E-state index contributed by atoms with van der Waals surface area (Å²) in [5, 5.41) is 3.46. The summed E-state index contributed by atoms with van der Waals surface area (Å²) < 4.78 is 0. The maximum atomic E-state index is 4.36. The Bertz CT molecular complexity index is 300. The number of pyridine rings is 1. The molecule has 3 heteroatoms. The van der Waals surface area contributed by atoms with Crippen molar-refractivity contribution in [3.8, 4) is 0 Å². The van der Waals surface area contributed by atoms with Gasteiger partial charge in [0.2, 0.25) is 0 Å². The van der Waals surface area contributed by atoms with Gasteiger partial charge in [-0.15, -0.1) is 0 Å². The zero-order valence-electron chi connectivity index (χ0n) is 12.0. The van der Waals surface area contributed by atoms with Crippen LogP contribution in [0.25, 0.3) is 0 Å². The number of likely N-dealkylation sites (N-methyl/N-ethyl adjacent to an activating group) is 1. The fourth-order valence-corrected chi connectivity index (χ4v) is 1.89. The molecule has 0 spiro atoms. The largest absolute Gasteiger partial charge is 0.317 e. The molecular weight excluding hydrogens is 222 g/mol. The highest BCUT2D eigenvalue weighted by Gasteiger charge is 2.08. The molecule has 1 N–H and O–H groups in total. The van der Waals surface area contributed by atoms with Crippen molar-refractivity contribution in [2.24, 2.45) is 0 Å². The predicted molar refractivity (Wildman–Crippen MR) is 77.8 cm³/mol. The lowest BCUT2D eigenvalue weighted by Gasteiger charge is -2.24. The average molecular weight is 249 g/mol. The van der Waals surface area contributed by atoms with Gasteiger partial charge in [-0.25, -0.2) is 0 Å². The van der Waals surface area contributed by atoms with Gasteiger partial charge < -0.3 is 10.2 Å². The van der Waals surface area contributed by atoms with Crippen LogP contribution in [0.1, 0.15) is 32.4 Å². The van der Waals surface area contributed by atoms with Crippen LogP contribution in [0.15, 0.2) is 24.4 Å². The number of rotatable bonds is 9. The lowest BCUT2D eigenvalue weighted by atomic mass is 10.2. The maximum Gasteiger partial charge on any atom is 0.0416 e. The van der Waals surface area contributed by atoms with Gasteiger partial charge in [-0.05, 0) is 52.0 Å². The molecule has 0 aliphatic rings. The van der Waals surface area contributed by atoms with E-state index in [4.69, 9.17) is 0 Å². The van der Waals surface area contributed by atoms with Crippen LogP contribution in [0.2, 0.25) is 0 Å². The third-order valence-corrected chi connectivity index (χ3v) is 3.36. The highest BCUT2D eigenvalue weighted by molar-refractivity contribution is 5.03. The number of hydrogen-bond acceptors (Lipinski definition) is 3. The summed E-state index contributed by atoms with van der Waals surface area (Å²) >= 11 is 0. The Morgan fingerprint density at radius 2 is 2.17 bits per heavy atom. The van der Waals surface area contributed by atoms with Crippen molar-refractivity contribution in [3.05, 3.63) is 30.1 Å². The molecule has 1 unspecified atom stereocenters. The summed E-state index contributed by atoms with van der Waals surface area (Å²) in [5.74, 6) is 0. The van der Waals surface area contributed by atoms with E-state index in [0.29, 0.717) is 6.04 Å². The van der Waals surface area contributed by atoms with Crippen LogP contribution in [0, 0.1) is 0 Å². The molecule has 102 valence electrons. The van der Waals surface area contributed by atoms with Crippen molar-refractivity contribution in [1.29, 1.82) is 0 Å². The first kappa shape index (κ1) is 15.1. The van der Waals surface area contributed by atoms with E-state index in [1.807, 2.05) is 12.3 Å².